The SMILES string of the molecule is C#CCN(CC)S(=O)(=O)CCC(C)C. The Labute approximate surface area is 87.5 Å². The molecule has 0 saturated heterocycles. The van der Waals surface area contributed by atoms with E-state index in [-0.39, 0.29) is 12.3 Å². The molecular weight excluding hydrogens is 198 g/mol. The molecule has 0 fully saturated rings. The lowest BCUT2D eigenvalue weighted by molar-refractivity contribution is 0.458. The maximum Gasteiger partial charge on any atom is 0.214 e. The van der Waals surface area contributed by atoms with Crippen LogP contribution in [-0.4, -0.2) is 31.6 Å². The lowest BCUT2D eigenvalue weighted by Gasteiger charge is -2.18. The maximum absolute atomic E-state index is 11.7. The molecule has 0 aliphatic heterocycles. The minimum absolute atomic E-state index is 0.178. The third-order valence-corrected chi connectivity index (χ3v) is 3.89. The van der Waals surface area contributed by atoms with Crippen LogP contribution in [0.5, 0.6) is 0 Å². The zero-order chi connectivity index (χ0) is 11.2. The molecule has 0 N–H and O–H groups in total. The van der Waals surface area contributed by atoms with Crippen molar-refractivity contribution in [1.82, 2.24) is 4.31 Å². The van der Waals surface area contributed by atoms with Gasteiger partial charge in [-0.05, 0) is 12.3 Å². The van der Waals surface area contributed by atoms with Crippen molar-refractivity contribution in [3.05, 3.63) is 0 Å². The molecule has 0 unspecified atom stereocenters. The third kappa shape index (κ3) is 4.64. The summed E-state index contributed by atoms with van der Waals surface area (Å²) in [5.41, 5.74) is 0. The van der Waals surface area contributed by atoms with Crippen molar-refractivity contribution in [2.75, 3.05) is 18.8 Å². The van der Waals surface area contributed by atoms with E-state index in [1.165, 1.54) is 4.31 Å². The molecule has 0 bridgehead atoms. The molecule has 0 amide bonds. The third-order valence-electron chi connectivity index (χ3n) is 1.97. The Kier molecular flexibility index (Phi) is 5.82. The first-order chi connectivity index (χ1) is 6.44. The summed E-state index contributed by atoms with van der Waals surface area (Å²) < 4.78 is 24.7. The average Bonchev–Trinajstić information content (AvgIpc) is 2.11. The van der Waals surface area contributed by atoms with Crippen molar-refractivity contribution in [2.45, 2.75) is 27.2 Å². The number of terminal acetylenes is 1. The van der Waals surface area contributed by atoms with Gasteiger partial charge in [-0.1, -0.05) is 26.7 Å². The van der Waals surface area contributed by atoms with Crippen LogP contribution in [0.2, 0.25) is 0 Å². The highest BCUT2D eigenvalue weighted by Gasteiger charge is 2.19. The molecule has 0 radical (unpaired) electrons. The van der Waals surface area contributed by atoms with E-state index < -0.39 is 10.0 Å². The highest BCUT2D eigenvalue weighted by atomic mass is 32.2. The molecule has 0 aromatic carbocycles. The smallest absolute Gasteiger partial charge is 0.212 e. The van der Waals surface area contributed by atoms with Gasteiger partial charge in [-0.2, -0.15) is 4.31 Å². The zero-order valence-corrected chi connectivity index (χ0v) is 9.97. The number of hydrogen-bond donors (Lipinski definition) is 0. The molecule has 82 valence electrons. The average molecular weight is 217 g/mol. The van der Waals surface area contributed by atoms with Gasteiger partial charge in [-0.25, -0.2) is 8.42 Å². The first-order valence-corrected chi connectivity index (χ1v) is 6.46. The minimum atomic E-state index is -3.14. The van der Waals surface area contributed by atoms with Crippen molar-refractivity contribution >= 4 is 10.0 Å². The van der Waals surface area contributed by atoms with Gasteiger partial charge in [0.25, 0.3) is 0 Å². The Hall–Kier alpha value is -0.530. The van der Waals surface area contributed by atoms with Crippen LogP contribution in [0.1, 0.15) is 27.2 Å². The normalized spacial score (nSPS) is 12.0. The molecule has 4 heteroatoms. The molecule has 0 saturated carbocycles. The zero-order valence-electron chi connectivity index (χ0n) is 9.16. The molecule has 0 aliphatic rings. The Morgan fingerprint density at radius 1 is 1.43 bits per heavy atom. The van der Waals surface area contributed by atoms with Gasteiger partial charge >= 0.3 is 0 Å². The summed E-state index contributed by atoms with van der Waals surface area (Å²) in [4.78, 5) is 0. The van der Waals surface area contributed by atoms with Gasteiger partial charge in [0.1, 0.15) is 0 Å². The Morgan fingerprint density at radius 3 is 2.36 bits per heavy atom. The van der Waals surface area contributed by atoms with Crippen molar-refractivity contribution < 1.29 is 8.42 Å². The van der Waals surface area contributed by atoms with Crippen LogP contribution >= 0.6 is 0 Å². The van der Waals surface area contributed by atoms with E-state index in [4.69, 9.17) is 6.42 Å². The summed E-state index contributed by atoms with van der Waals surface area (Å²) in [6, 6.07) is 0. The second-order valence-corrected chi connectivity index (χ2v) is 5.72. The first kappa shape index (κ1) is 13.5. The lowest BCUT2D eigenvalue weighted by Crippen LogP contribution is -2.33. The molecule has 14 heavy (non-hydrogen) atoms. The van der Waals surface area contributed by atoms with Gasteiger partial charge in [0, 0.05) is 6.54 Å². The Balaban J connectivity index is 4.36. The summed E-state index contributed by atoms with van der Waals surface area (Å²) >= 11 is 0. The summed E-state index contributed by atoms with van der Waals surface area (Å²) in [5.74, 6) is 2.95. The molecule has 0 rings (SSSR count). The predicted octanol–water partition coefficient (Wildman–Crippen LogP) is 1.32. The van der Waals surface area contributed by atoms with E-state index in [1.54, 1.807) is 6.92 Å². The summed E-state index contributed by atoms with van der Waals surface area (Å²) in [5, 5.41) is 0. The molecule has 0 aromatic rings. The predicted molar refractivity (Wildman–Crippen MR) is 59.3 cm³/mol. The van der Waals surface area contributed by atoms with Crippen LogP contribution in [0.3, 0.4) is 0 Å². The number of sulfonamides is 1. The molecule has 0 aromatic heterocycles. The summed E-state index contributed by atoms with van der Waals surface area (Å²) in [6.45, 7) is 6.44. The van der Waals surface area contributed by atoms with Crippen molar-refractivity contribution in [3.63, 3.8) is 0 Å². The van der Waals surface area contributed by atoms with E-state index in [0.29, 0.717) is 18.9 Å². The van der Waals surface area contributed by atoms with E-state index in [1.807, 2.05) is 13.8 Å². The van der Waals surface area contributed by atoms with Gasteiger partial charge in [0.2, 0.25) is 10.0 Å². The number of hydrogen-bond acceptors (Lipinski definition) is 2. The first-order valence-electron chi connectivity index (χ1n) is 4.85. The monoisotopic (exact) mass is 217 g/mol. The van der Waals surface area contributed by atoms with Gasteiger partial charge in [0.05, 0.1) is 12.3 Å². The molecular formula is C10H19NO2S. The second-order valence-electron chi connectivity index (χ2n) is 3.63. The second kappa shape index (κ2) is 6.05. The van der Waals surface area contributed by atoms with Gasteiger partial charge in [-0.3, -0.25) is 0 Å². The highest BCUT2D eigenvalue weighted by molar-refractivity contribution is 7.89. The fraction of sp³-hybridized carbons (Fsp3) is 0.800. The maximum atomic E-state index is 11.7. The van der Waals surface area contributed by atoms with Crippen LogP contribution in [0.4, 0.5) is 0 Å². The van der Waals surface area contributed by atoms with Crippen LogP contribution in [-0.2, 0) is 10.0 Å². The molecule has 0 aliphatic carbocycles. The van der Waals surface area contributed by atoms with Crippen molar-refractivity contribution in [2.24, 2.45) is 5.92 Å². The Morgan fingerprint density at radius 2 is 2.00 bits per heavy atom. The van der Waals surface area contributed by atoms with Crippen LogP contribution in [0, 0.1) is 18.3 Å². The summed E-state index contributed by atoms with van der Waals surface area (Å²) in [6.07, 6.45) is 5.79. The standard InChI is InChI=1S/C10H19NO2S/c1-5-8-11(6-2)14(12,13)9-7-10(3)4/h1,10H,6-9H2,2-4H3. The van der Waals surface area contributed by atoms with Gasteiger partial charge < -0.3 is 0 Å². The fourth-order valence-corrected chi connectivity index (χ4v) is 2.71. The summed E-state index contributed by atoms with van der Waals surface area (Å²) in [7, 11) is -3.14. The van der Waals surface area contributed by atoms with Crippen LogP contribution in [0.25, 0.3) is 0 Å². The van der Waals surface area contributed by atoms with Crippen molar-refractivity contribution in [3.8, 4) is 12.3 Å². The van der Waals surface area contributed by atoms with E-state index in [9.17, 15) is 8.42 Å². The van der Waals surface area contributed by atoms with E-state index >= 15 is 0 Å². The van der Waals surface area contributed by atoms with Crippen LogP contribution < -0.4 is 0 Å². The largest absolute Gasteiger partial charge is 0.214 e. The molecule has 3 nitrogen and oxygen atoms in total. The van der Waals surface area contributed by atoms with Gasteiger partial charge in [-0.15, -0.1) is 6.42 Å². The number of nitrogens with zero attached hydrogens (tertiary/aromatic N) is 1. The fourth-order valence-electron chi connectivity index (χ4n) is 1.02. The van der Waals surface area contributed by atoms with E-state index in [2.05, 4.69) is 5.92 Å². The molecule has 0 atom stereocenters. The van der Waals surface area contributed by atoms with Crippen LogP contribution in [0.15, 0.2) is 0 Å². The molecule has 0 heterocycles. The molecule has 0 spiro atoms. The minimum Gasteiger partial charge on any atom is -0.212 e. The number of rotatable bonds is 6. The van der Waals surface area contributed by atoms with Crippen molar-refractivity contribution in [1.29, 1.82) is 0 Å². The lowest BCUT2D eigenvalue weighted by atomic mass is 10.2. The highest BCUT2D eigenvalue weighted by Crippen LogP contribution is 2.07. The van der Waals surface area contributed by atoms with E-state index in [0.717, 1.165) is 0 Å². The quantitative estimate of drug-likeness (QED) is 0.629. The Bertz CT molecular complexity index is 288. The van der Waals surface area contributed by atoms with Gasteiger partial charge in [0.15, 0.2) is 0 Å². The topological polar surface area (TPSA) is 37.4 Å².